The minimum atomic E-state index is -3.46. The zero-order valence-corrected chi connectivity index (χ0v) is 13.7. The number of hydrogen-bond donors (Lipinski definition) is 1. The fourth-order valence-corrected chi connectivity index (χ4v) is 4.48. The van der Waals surface area contributed by atoms with Crippen molar-refractivity contribution in [1.29, 1.82) is 0 Å². The van der Waals surface area contributed by atoms with Crippen LogP contribution in [-0.4, -0.2) is 68.6 Å². The van der Waals surface area contributed by atoms with Crippen LogP contribution in [0.25, 0.3) is 0 Å². The van der Waals surface area contributed by atoms with Gasteiger partial charge >= 0.3 is 0 Å². The summed E-state index contributed by atoms with van der Waals surface area (Å²) in [4.78, 5) is 13.8. The maximum absolute atomic E-state index is 12.1. The van der Waals surface area contributed by atoms with Gasteiger partial charge in [0.15, 0.2) is 0 Å². The molecule has 0 bridgehead atoms. The lowest BCUT2D eigenvalue weighted by molar-refractivity contribution is -0.127. The molecule has 6 nitrogen and oxygen atoms in total. The monoisotopic (exact) mass is 325 g/mol. The zero-order valence-electron chi connectivity index (χ0n) is 12.0. The summed E-state index contributed by atoms with van der Waals surface area (Å²) in [6.07, 6.45) is 0. The average molecular weight is 326 g/mol. The molecule has 0 aromatic heterocycles. The van der Waals surface area contributed by atoms with E-state index < -0.39 is 10.0 Å². The Bertz CT molecular complexity index is 427. The highest BCUT2D eigenvalue weighted by atomic mass is 35.5. The van der Waals surface area contributed by atoms with Gasteiger partial charge in [-0.15, -0.1) is 12.4 Å². The highest BCUT2D eigenvalue weighted by Crippen LogP contribution is 2.26. The molecule has 0 radical (unpaired) electrons. The van der Waals surface area contributed by atoms with Crippen molar-refractivity contribution in [3.8, 4) is 0 Å². The Morgan fingerprint density at radius 3 is 2.15 bits per heavy atom. The summed E-state index contributed by atoms with van der Waals surface area (Å²) in [6.45, 7) is 7.69. The molecule has 2 aliphatic heterocycles. The predicted octanol–water partition coefficient (Wildman–Crippen LogP) is -0.242. The molecule has 0 aliphatic carbocycles. The molecule has 20 heavy (non-hydrogen) atoms. The van der Waals surface area contributed by atoms with Gasteiger partial charge in [-0.2, -0.15) is 0 Å². The Balaban J connectivity index is 0.00000200. The van der Waals surface area contributed by atoms with Crippen molar-refractivity contribution >= 4 is 28.3 Å². The smallest absolute Gasteiger partial charge is 0.239 e. The fourth-order valence-electron chi connectivity index (χ4n) is 3.01. The SMILES string of the molecule is CCN(CC)S(=O)(=O)CC(=O)N1C[C@H]2CNC[C@H]2C1.Cl. The van der Waals surface area contributed by atoms with E-state index in [0.29, 0.717) is 38.0 Å². The van der Waals surface area contributed by atoms with Crippen LogP contribution in [0.3, 0.4) is 0 Å². The first kappa shape index (κ1) is 17.7. The van der Waals surface area contributed by atoms with E-state index >= 15 is 0 Å². The lowest BCUT2D eigenvalue weighted by atomic mass is 10.0. The summed E-state index contributed by atoms with van der Waals surface area (Å²) in [5, 5.41) is 3.30. The molecule has 1 amide bonds. The molecule has 2 fully saturated rings. The highest BCUT2D eigenvalue weighted by molar-refractivity contribution is 7.89. The third-order valence-corrected chi connectivity index (χ3v) is 6.06. The van der Waals surface area contributed by atoms with Gasteiger partial charge in [0.25, 0.3) is 0 Å². The van der Waals surface area contributed by atoms with E-state index in [4.69, 9.17) is 0 Å². The van der Waals surface area contributed by atoms with Gasteiger partial charge in [0.05, 0.1) is 0 Å². The standard InChI is InChI=1S/C12H23N3O3S.ClH/c1-3-15(4-2)19(17,18)9-12(16)14-7-10-5-13-6-11(10)8-14;/h10-11,13H,3-9H2,1-2H3;1H/t10-,11+;. The van der Waals surface area contributed by atoms with Crippen molar-refractivity contribution in [2.24, 2.45) is 11.8 Å². The summed E-state index contributed by atoms with van der Waals surface area (Å²) in [7, 11) is -3.46. The van der Waals surface area contributed by atoms with E-state index in [1.807, 2.05) is 0 Å². The molecule has 2 heterocycles. The van der Waals surface area contributed by atoms with Crippen molar-refractivity contribution in [3.05, 3.63) is 0 Å². The number of halogens is 1. The molecule has 0 aromatic rings. The second kappa shape index (κ2) is 7.06. The number of likely N-dealkylation sites (tertiary alicyclic amines) is 1. The van der Waals surface area contributed by atoms with Crippen LogP contribution in [-0.2, 0) is 14.8 Å². The number of fused-ring (bicyclic) bond motifs is 1. The number of amides is 1. The van der Waals surface area contributed by atoms with E-state index in [1.165, 1.54) is 4.31 Å². The van der Waals surface area contributed by atoms with Crippen molar-refractivity contribution in [3.63, 3.8) is 0 Å². The van der Waals surface area contributed by atoms with Crippen LogP contribution in [0.5, 0.6) is 0 Å². The minimum Gasteiger partial charge on any atom is -0.341 e. The Labute approximate surface area is 127 Å². The van der Waals surface area contributed by atoms with Crippen molar-refractivity contribution in [2.45, 2.75) is 13.8 Å². The first-order valence-electron chi connectivity index (χ1n) is 6.94. The summed E-state index contributed by atoms with van der Waals surface area (Å²) < 4.78 is 25.5. The maximum Gasteiger partial charge on any atom is 0.239 e. The number of carbonyl (C=O) groups excluding carboxylic acids is 1. The Hall–Kier alpha value is -0.370. The summed E-state index contributed by atoms with van der Waals surface area (Å²) in [5.74, 6) is 0.364. The van der Waals surface area contributed by atoms with Crippen molar-refractivity contribution < 1.29 is 13.2 Å². The lowest BCUT2D eigenvalue weighted by Gasteiger charge is -2.21. The molecule has 2 atom stereocenters. The van der Waals surface area contributed by atoms with Crippen LogP contribution in [0.4, 0.5) is 0 Å². The van der Waals surface area contributed by atoms with Crippen LogP contribution in [0.2, 0.25) is 0 Å². The van der Waals surface area contributed by atoms with Crippen LogP contribution in [0.15, 0.2) is 0 Å². The zero-order chi connectivity index (χ0) is 14.0. The predicted molar refractivity (Wildman–Crippen MR) is 80.4 cm³/mol. The van der Waals surface area contributed by atoms with E-state index in [9.17, 15) is 13.2 Å². The second-order valence-electron chi connectivity index (χ2n) is 5.32. The van der Waals surface area contributed by atoms with Gasteiger partial charge in [-0.1, -0.05) is 13.8 Å². The van der Waals surface area contributed by atoms with Crippen molar-refractivity contribution in [2.75, 3.05) is 45.0 Å². The quantitative estimate of drug-likeness (QED) is 0.757. The molecule has 8 heteroatoms. The normalized spacial score (nSPS) is 25.6. The fraction of sp³-hybridized carbons (Fsp3) is 0.917. The molecule has 0 spiro atoms. The number of carbonyl (C=O) groups is 1. The molecule has 0 saturated carbocycles. The summed E-state index contributed by atoms with van der Waals surface area (Å²) in [5.41, 5.74) is 0. The second-order valence-corrected chi connectivity index (χ2v) is 7.29. The highest BCUT2D eigenvalue weighted by Gasteiger charge is 2.39. The molecular weight excluding hydrogens is 302 g/mol. The van der Waals surface area contributed by atoms with Gasteiger partial charge < -0.3 is 10.2 Å². The number of rotatable bonds is 5. The molecule has 118 valence electrons. The maximum atomic E-state index is 12.1. The van der Waals surface area contributed by atoms with Gasteiger partial charge in [0.2, 0.25) is 15.9 Å². The molecule has 2 saturated heterocycles. The topological polar surface area (TPSA) is 69.7 Å². The first-order chi connectivity index (χ1) is 8.97. The van der Waals surface area contributed by atoms with Gasteiger partial charge in [-0.05, 0) is 11.8 Å². The van der Waals surface area contributed by atoms with Crippen LogP contribution in [0.1, 0.15) is 13.8 Å². The number of nitrogens with one attached hydrogen (secondary N) is 1. The van der Waals surface area contributed by atoms with E-state index in [0.717, 1.165) is 13.1 Å². The minimum absolute atomic E-state index is 0. The van der Waals surface area contributed by atoms with Crippen LogP contribution in [0, 0.1) is 11.8 Å². The van der Waals surface area contributed by atoms with E-state index in [2.05, 4.69) is 5.32 Å². The number of nitrogens with zero attached hydrogens (tertiary/aromatic N) is 2. The lowest BCUT2D eigenvalue weighted by Crippen LogP contribution is -2.41. The van der Waals surface area contributed by atoms with Crippen LogP contribution >= 0.6 is 12.4 Å². The summed E-state index contributed by atoms with van der Waals surface area (Å²) in [6, 6.07) is 0. The molecule has 0 aromatic carbocycles. The summed E-state index contributed by atoms with van der Waals surface area (Å²) >= 11 is 0. The van der Waals surface area contributed by atoms with Gasteiger partial charge in [-0.3, -0.25) is 4.79 Å². The molecule has 0 unspecified atom stereocenters. The molecule has 1 N–H and O–H groups in total. The van der Waals surface area contributed by atoms with Gasteiger partial charge in [0, 0.05) is 39.3 Å². The number of sulfonamides is 1. The van der Waals surface area contributed by atoms with Gasteiger partial charge in [-0.25, -0.2) is 12.7 Å². The third kappa shape index (κ3) is 3.63. The van der Waals surface area contributed by atoms with Crippen LogP contribution < -0.4 is 5.32 Å². The number of hydrogen-bond acceptors (Lipinski definition) is 4. The molecule has 2 aliphatic rings. The average Bonchev–Trinajstić information content (AvgIpc) is 2.89. The Kier molecular flexibility index (Phi) is 6.25. The van der Waals surface area contributed by atoms with E-state index in [1.54, 1.807) is 18.7 Å². The van der Waals surface area contributed by atoms with Crippen molar-refractivity contribution in [1.82, 2.24) is 14.5 Å². The third-order valence-electron chi connectivity index (χ3n) is 4.15. The Morgan fingerprint density at radius 1 is 1.20 bits per heavy atom. The van der Waals surface area contributed by atoms with Gasteiger partial charge in [0.1, 0.15) is 5.75 Å². The molecular formula is C12H24ClN3O3S. The first-order valence-corrected chi connectivity index (χ1v) is 8.55. The Morgan fingerprint density at radius 2 is 1.70 bits per heavy atom. The largest absolute Gasteiger partial charge is 0.341 e. The van der Waals surface area contributed by atoms with E-state index in [-0.39, 0.29) is 24.1 Å². The molecule has 2 rings (SSSR count).